The highest BCUT2D eigenvalue weighted by Gasteiger charge is 2.39. The van der Waals surface area contributed by atoms with Crippen molar-refractivity contribution in [3.63, 3.8) is 0 Å². The molecule has 2 unspecified atom stereocenters. The molecule has 0 saturated heterocycles. The Labute approximate surface area is 109 Å². The lowest BCUT2D eigenvalue weighted by molar-refractivity contribution is 0.668. The molecule has 0 amide bonds. The zero-order valence-electron chi connectivity index (χ0n) is 11.3. The molecule has 2 atom stereocenters. The van der Waals surface area contributed by atoms with Gasteiger partial charge in [0.15, 0.2) is 5.16 Å². The molecule has 1 heterocycles. The summed E-state index contributed by atoms with van der Waals surface area (Å²) in [4.78, 5) is 9.34. The van der Waals surface area contributed by atoms with E-state index in [4.69, 9.17) is 4.98 Å². The Morgan fingerprint density at radius 3 is 2.59 bits per heavy atom. The van der Waals surface area contributed by atoms with Gasteiger partial charge >= 0.3 is 0 Å². The van der Waals surface area contributed by atoms with Gasteiger partial charge in [-0.3, -0.25) is 0 Å². The first-order valence-electron chi connectivity index (χ1n) is 6.80. The molecule has 94 valence electrons. The highest BCUT2D eigenvalue weighted by atomic mass is 32.2. The second-order valence-electron chi connectivity index (χ2n) is 4.53. The number of hydrogen-bond donors (Lipinski definition) is 0. The predicted molar refractivity (Wildman–Crippen MR) is 73.8 cm³/mol. The van der Waals surface area contributed by atoms with Crippen LogP contribution in [-0.4, -0.2) is 15.7 Å². The molecule has 2 nitrogen and oxygen atoms in total. The lowest BCUT2D eigenvalue weighted by Gasteiger charge is -2.16. The Morgan fingerprint density at radius 1 is 1.18 bits per heavy atom. The van der Waals surface area contributed by atoms with Gasteiger partial charge in [-0.2, -0.15) is 0 Å². The number of nitrogens with zero attached hydrogens (tertiary/aromatic N) is 2. The zero-order chi connectivity index (χ0) is 12.4. The van der Waals surface area contributed by atoms with Gasteiger partial charge in [-0.05, 0) is 43.4 Å². The molecule has 0 radical (unpaired) electrons. The first kappa shape index (κ1) is 12.9. The topological polar surface area (TPSA) is 25.8 Å². The second-order valence-corrected chi connectivity index (χ2v) is 5.76. The number of hydrogen-bond acceptors (Lipinski definition) is 3. The highest BCUT2D eigenvalue weighted by Crippen LogP contribution is 2.53. The Hall–Kier alpha value is -0.570. The van der Waals surface area contributed by atoms with Gasteiger partial charge in [0.2, 0.25) is 0 Å². The van der Waals surface area contributed by atoms with Gasteiger partial charge in [0.05, 0.1) is 5.69 Å². The van der Waals surface area contributed by atoms with Gasteiger partial charge in [0, 0.05) is 11.6 Å². The van der Waals surface area contributed by atoms with E-state index in [0.29, 0.717) is 0 Å². The fourth-order valence-corrected chi connectivity index (χ4v) is 3.70. The van der Waals surface area contributed by atoms with Crippen LogP contribution in [0.2, 0.25) is 0 Å². The molecule has 0 aromatic carbocycles. The van der Waals surface area contributed by atoms with E-state index in [1.807, 2.05) is 13.8 Å². The molecule has 2 bridgehead atoms. The Balaban J connectivity index is 0.000000514. The van der Waals surface area contributed by atoms with Crippen LogP contribution in [0, 0.1) is 6.92 Å². The third-order valence-electron chi connectivity index (χ3n) is 3.65. The van der Waals surface area contributed by atoms with Crippen molar-refractivity contribution in [2.75, 3.05) is 5.75 Å². The van der Waals surface area contributed by atoms with Crippen LogP contribution in [0.4, 0.5) is 0 Å². The van der Waals surface area contributed by atoms with Crippen molar-refractivity contribution in [3.8, 4) is 0 Å². The van der Waals surface area contributed by atoms with E-state index in [1.54, 1.807) is 11.8 Å². The monoisotopic (exact) mass is 250 g/mol. The molecule has 3 heteroatoms. The standard InChI is InChI=1S/C12H16N2S.C2H6/c1-3-15-12-13-7(2)10-8-4-5-9(6-8)11(10)14-12;1-2/h8-9H,3-6H2,1-2H3;1-2H3. The summed E-state index contributed by atoms with van der Waals surface area (Å²) < 4.78 is 0. The smallest absolute Gasteiger partial charge is 0.188 e. The van der Waals surface area contributed by atoms with Gasteiger partial charge in [-0.25, -0.2) is 9.97 Å². The van der Waals surface area contributed by atoms with E-state index in [2.05, 4.69) is 18.8 Å². The zero-order valence-corrected chi connectivity index (χ0v) is 12.1. The fraction of sp³-hybridized carbons (Fsp3) is 0.714. The average molecular weight is 250 g/mol. The van der Waals surface area contributed by atoms with Crippen molar-refractivity contribution >= 4 is 11.8 Å². The van der Waals surface area contributed by atoms with Crippen LogP contribution >= 0.6 is 11.8 Å². The summed E-state index contributed by atoms with van der Waals surface area (Å²) in [7, 11) is 0. The van der Waals surface area contributed by atoms with E-state index in [9.17, 15) is 0 Å². The molecule has 0 spiro atoms. The number of aromatic nitrogens is 2. The third kappa shape index (κ3) is 2.22. The van der Waals surface area contributed by atoms with E-state index in [-0.39, 0.29) is 0 Å². The molecule has 3 rings (SSSR count). The Kier molecular flexibility index (Phi) is 4.08. The Morgan fingerprint density at radius 2 is 1.88 bits per heavy atom. The lowest BCUT2D eigenvalue weighted by atomic mass is 9.95. The molecule has 1 aromatic rings. The van der Waals surface area contributed by atoms with E-state index in [1.165, 1.54) is 36.2 Å². The van der Waals surface area contributed by atoms with Gasteiger partial charge in [-0.1, -0.05) is 32.5 Å². The van der Waals surface area contributed by atoms with Gasteiger partial charge in [0.1, 0.15) is 0 Å². The second kappa shape index (κ2) is 5.38. The summed E-state index contributed by atoms with van der Waals surface area (Å²) >= 11 is 1.76. The molecular weight excluding hydrogens is 228 g/mol. The first-order chi connectivity index (χ1) is 8.29. The molecule has 17 heavy (non-hydrogen) atoms. The van der Waals surface area contributed by atoms with Crippen molar-refractivity contribution in [3.05, 3.63) is 17.0 Å². The molecule has 0 N–H and O–H groups in total. The lowest BCUT2D eigenvalue weighted by Crippen LogP contribution is -2.06. The van der Waals surface area contributed by atoms with Gasteiger partial charge in [-0.15, -0.1) is 0 Å². The average Bonchev–Trinajstić information content (AvgIpc) is 2.93. The summed E-state index contributed by atoms with van der Waals surface area (Å²) in [6, 6.07) is 0. The maximum atomic E-state index is 4.74. The van der Waals surface area contributed by atoms with E-state index in [0.717, 1.165) is 22.7 Å². The molecule has 2 aliphatic rings. The molecular formula is C14H22N2S. The van der Waals surface area contributed by atoms with E-state index < -0.39 is 0 Å². The minimum atomic E-state index is 0.753. The van der Waals surface area contributed by atoms with Crippen molar-refractivity contribution in [1.82, 2.24) is 9.97 Å². The van der Waals surface area contributed by atoms with Crippen LogP contribution < -0.4 is 0 Å². The predicted octanol–water partition coefficient (Wildman–Crippen LogP) is 4.29. The maximum absolute atomic E-state index is 4.74. The van der Waals surface area contributed by atoms with Gasteiger partial charge < -0.3 is 0 Å². The highest BCUT2D eigenvalue weighted by molar-refractivity contribution is 7.99. The largest absolute Gasteiger partial charge is 0.228 e. The Bertz CT molecular complexity index is 403. The molecule has 0 aliphatic heterocycles. The van der Waals surface area contributed by atoms with Crippen molar-refractivity contribution in [2.45, 2.75) is 63.9 Å². The van der Waals surface area contributed by atoms with Crippen molar-refractivity contribution in [1.29, 1.82) is 0 Å². The van der Waals surface area contributed by atoms with Crippen LogP contribution in [-0.2, 0) is 0 Å². The normalized spacial score (nSPS) is 24.2. The van der Waals surface area contributed by atoms with Crippen LogP contribution in [0.3, 0.4) is 0 Å². The molecule has 2 aliphatic carbocycles. The quantitative estimate of drug-likeness (QED) is 0.578. The minimum absolute atomic E-state index is 0.753. The summed E-state index contributed by atoms with van der Waals surface area (Å²) in [6.45, 7) is 8.31. The number of aryl methyl sites for hydroxylation is 1. The van der Waals surface area contributed by atoms with Crippen LogP contribution in [0.15, 0.2) is 5.16 Å². The summed E-state index contributed by atoms with van der Waals surface area (Å²) in [5, 5.41) is 0.987. The number of fused-ring (bicyclic) bond motifs is 5. The fourth-order valence-electron chi connectivity index (χ4n) is 3.08. The van der Waals surface area contributed by atoms with E-state index >= 15 is 0 Å². The summed E-state index contributed by atoms with van der Waals surface area (Å²) in [6.07, 6.45) is 4.05. The molecule has 1 aromatic heterocycles. The van der Waals surface area contributed by atoms with Crippen LogP contribution in [0.5, 0.6) is 0 Å². The summed E-state index contributed by atoms with van der Waals surface area (Å²) in [5.41, 5.74) is 4.12. The molecule has 1 fully saturated rings. The third-order valence-corrected chi connectivity index (χ3v) is 4.38. The first-order valence-corrected chi connectivity index (χ1v) is 7.79. The SMILES string of the molecule is CC.CCSc1nc(C)c2c(n1)C1CCC2C1. The van der Waals surface area contributed by atoms with Crippen molar-refractivity contribution < 1.29 is 0 Å². The van der Waals surface area contributed by atoms with Crippen molar-refractivity contribution in [2.24, 2.45) is 0 Å². The summed E-state index contributed by atoms with van der Waals surface area (Å²) in [5.74, 6) is 2.60. The minimum Gasteiger partial charge on any atom is -0.228 e. The van der Waals surface area contributed by atoms with Crippen LogP contribution in [0.1, 0.15) is 68.8 Å². The van der Waals surface area contributed by atoms with Gasteiger partial charge in [0.25, 0.3) is 0 Å². The maximum Gasteiger partial charge on any atom is 0.188 e. The number of rotatable bonds is 2. The molecule has 1 saturated carbocycles. The van der Waals surface area contributed by atoms with Crippen LogP contribution in [0.25, 0.3) is 0 Å². The number of thioether (sulfide) groups is 1.